The van der Waals surface area contributed by atoms with Crippen LogP contribution in [0.4, 0.5) is 11.5 Å². The summed E-state index contributed by atoms with van der Waals surface area (Å²) >= 11 is 0. The average molecular weight is 789 g/mol. The van der Waals surface area contributed by atoms with Crippen LogP contribution in [0, 0.1) is 6.92 Å². The van der Waals surface area contributed by atoms with Crippen LogP contribution in [0.15, 0.2) is 49.1 Å². The number of aryl methyl sites for hydroxylation is 1. The van der Waals surface area contributed by atoms with Gasteiger partial charge in [0.25, 0.3) is 17.7 Å². The molecule has 0 spiro atoms. The van der Waals surface area contributed by atoms with E-state index in [-0.39, 0.29) is 36.7 Å². The van der Waals surface area contributed by atoms with E-state index in [2.05, 4.69) is 50.2 Å². The Morgan fingerprint density at radius 1 is 0.845 bits per heavy atom. The molecule has 3 aromatic heterocycles. The fourth-order valence-electron chi connectivity index (χ4n) is 9.07. The highest BCUT2D eigenvalue weighted by Gasteiger charge is 2.46. The molecule has 9 rings (SSSR count). The molecule has 0 bridgehead atoms. The van der Waals surface area contributed by atoms with Gasteiger partial charge in [-0.25, -0.2) is 19.9 Å². The van der Waals surface area contributed by atoms with Crippen molar-refractivity contribution in [3.8, 4) is 0 Å². The molecule has 3 saturated heterocycles. The summed E-state index contributed by atoms with van der Waals surface area (Å²) < 4.78 is 2.11. The third-order valence-electron chi connectivity index (χ3n) is 12.4. The summed E-state index contributed by atoms with van der Waals surface area (Å²) in [6.07, 6.45) is 8.36. The van der Waals surface area contributed by atoms with Crippen LogP contribution in [-0.4, -0.2) is 139 Å². The Kier molecular flexibility index (Phi) is 10.3. The highest BCUT2D eigenvalue weighted by molar-refractivity contribution is 6.25. The van der Waals surface area contributed by atoms with Crippen molar-refractivity contribution in [2.45, 2.75) is 76.0 Å². The minimum Gasteiger partial charge on any atom is -0.368 e. The largest absolute Gasteiger partial charge is 0.368 e. The van der Waals surface area contributed by atoms with Gasteiger partial charge in [0, 0.05) is 69.5 Å². The number of carbonyl (C=O) groups excluding carboxylic acids is 5. The molecule has 0 unspecified atom stereocenters. The zero-order chi connectivity index (χ0) is 39.9. The lowest BCUT2D eigenvalue weighted by Gasteiger charge is -2.37. The Morgan fingerprint density at radius 3 is 2.36 bits per heavy atom. The molecule has 5 amide bonds. The van der Waals surface area contributed by atoms with Gasteiger partial charge in [-0.15, -0.1) is 0 Å². The van der Waals surface area contributed by atoms with Gasteiger partial charge in [0.05, 0.1) is 23.1 Å². The molecule has 7 heterocycles. The molecule has 17 heteroatoms. The number of anilines is 2. The molecule has 0 radical (unpaired) electrons. The molecule has 58 heavy (non-hydrogen) atoms. The van der Waals surface area contributed by atoms with E-state index in [0.717, 1.165) is 118 Å². The molecule has 3 N–H and O–H groups in total. The number of nitrogens with zero attached hydrogens (tertiary/aromatic N) is 9. The summed E-state index contributed by atoms with van der Waals surface area (Å²) in [5.74, 6) is -1.31. The maximum Gasteiger partial charge on any atom is 0.270 e. The Morgan fingerprint density at radius 2 is 1.60 bits per heavy atom. The van der Waals surface area contributed by atoms with Gasteiger partial charge in [0.1, 0.15) is 23.6 Å². The van der Waals surface area contributed by atoms with Gasteiger partial charge in [-0.05, 0) is 82.8 Å². The number of imide groups is 2. The average Bonchev–Trinajstić information content (AvgIpc) is 3.75. The summed E-state index contributed by atoms with van der Waals surface area (Å²) in [6.45, 7) is 9.05. The van der Waals surface area contributed by atoms with Gasteiger partial charge in [-0.1, -0.05) is 12.1 Å². The standard InChI is InChI=1S/C41H48N12O5/c1-25-5-2-7-30(45-25)38(55)47-27-21-28(22-27)52-24-44-35-36(42-23-43-37(35)52)46-26-11-15-49(16-12-26)13-4-14-50-17-19-51(20-18-50)31-8-3-6-29-34(31)41(58)53(40(29)57)32-9-10-33(54)48-39(32)56/h2-3,5-8,23-24,26-28,32H,4,9-22H2,1H3,(H,47,55)(H,42,43,46)(H,48,54,56)/t27?,28?,32-/m0/s1. The van der Waals surface area contributed by atoms with Crippen LogP contribution >= 0.6 is 0 Å². The van der Waals surface area contributed by atoms with Gasteiger partial charge in [-0.3, -0.25) is 39.1 Å². The Bertz CT molecular complexity index is 2260. The predicted octanol–water partition coefficient (Wildman–Crippen LogP) is 2.15. The number of carbonyl (C=O) groups is 5. The van der Waals surface area contributed by atoms with E-state index < -0.39 is 23.8 Å². The molecular weight excluding hydrogens is 741 g/mol. The smallest absolute Gasteiger partial charge is 0.270 e. The number of likely N-dealkylation sites (tertiary alicyclic amines) is 1. The SMILES string of the molecule is Cc1cccc(C(=O)NC2CC(n3cnc4c(NC5CCN(CCCN6CCN(c7cccc8c7C(=O)N([C@H]7CCC(=O)NC7=O)C8=O)CC6)CC5)ncnc43)C2)n1. The van der Waals surface area contributed by atoms with Crippen molar-refractivity contribution in [3.05, 3.63) is 71.6 Å². The molecule has 5 aliphatic rings. The lowest BCUT2D eigenvalue weighted by molar-refractivity contribution is -0.136. The van der Waals surface area contributed by atoms with E-state index in [1.54, 1.807) is 24.5 Å². The van der Waals surface area contributed by atoms with Gasteiger partial charge in [-0.2, -0.15) is 0 Å². The number of rotatable bonds is 11. The van der Waals surface area contributed by atoms with Crippen molar-refractivity contribution < 1.29 is 24.0 Å². The highest BCUT2D eigenvalue weighted by Crippen LogP contribution is 2.36. The molecule has 302 valence electrons. The van der Waals surface area contributed by atoms with Gasteiger partial charge in [0.15, 0.2) is 11.5 Å². The monoisotopic (exact) mass is 788 g/mol. The molecule has 1 aromatic carbocycles. The first-order chi connectivity index (χ1) is 28.2. The number of imidazole rings is 1. The predicted molar refractivity (Wildman–Crippen MR) is 213 cm³/mol. The molecular formula is C41H48N12O5. The summed E-state index contributed by atoms with van der Waals surface area (Å²) in [5.41, 5.74) is 4.23. The number of piperidine rings is 2. The molecule has 4 fully saturated rings. The van der Waals surface area contributed by atoms with E-state index in [9.17, 15) is 24.0 Å². The number of fused-ring (bicyclic) bond motifs is 2. The fraction of sp³-hybridized carbons (Fsp3) is 0.488. The van der Waals surface area contributed by atoms with Crippen molar-refractivity contribution in [2.24, 2.45) is 0 Å². The van der Waals surface area contributed by atoms with Crippen molar-refractivity contribution >= 4 is 52.2 Å². The number of nitrogens with one attached hydrogen (secondary N) is 3. The number of benzene rings is 1. The molecule has 17 nitrogen and oxygen atoms in total. The first-order valence-corrected chi connectivity index (χ1v) is 20.4. The minimum absolute atomic E-state index is 0.0815. The van der Waals surface area contributed by atoms with Crippen LogP contribution in [0.5, 0.6) is 0 Å². The van der Waals surface area contributed by atoms with Crippen molar-refractivity contribution in [2.75, 3.05) is 62.6 Å². The Hall–Kier alpha value is -5.81. The molecule has 1 atom stereocenters. The molecule has 4 aliphatic heterocycles. The Balaban J connectivity index is 0.709. The fourth-order valence-corrected chi connectivity index (χ4v) is 9.07. The third-order valence-corrected chi connectivity index (χ3v) is 12.4. The zero-order valence-electron chi connectivity index (χ0n) is 32.6. The van der Waals surface area contributed by atoms with Crippen LogP contribution in [0.2, 0.25) is 0 Å². The van der Waals surface area contributed by atoms with E-state index in [0.29, 0.717) is 22.9 Å². The van der Waals surface area contributed by atoms with E-state index in [1.807, 2.05) is 31.5 Å². The second-order valence-corrected chi connectivity index (χ2v) is 16.1. The lowest BCUT2D eigenvalue weighted by atomic mass is 9.86. The third kappa shape index (κ3) is 7.39. The van der Waals surface area contributed by atoms with Gasteiger partial charge >= 0.3 is 0 Å². The van der Waals surface area contributed by atoms with Crippen LogP contribution in [0.25, 0.3) is 11.2 Å². The molecule has 1 aliphatic carbocycles. The summed E-state index contributed by atoms with van der Waals surface area (Å²) in [4.78, 5) is 90.2. The number of piperazine rings is 1. The van der Waals surface area contributed by atoms with Crippen LogP contribution in [-0.2, 0) is 9.59 Å². The minimum atomic E-state index is -0.976. The van der Waals surface area contributed by atoms with Crippen LogP contribution < -0.4 is 20.9 Å². The molecule has 1 saturated carbocycles. The maximum atomic E-state index is 13.6. The number of pyridine rings is 1. The van der Waals surface area contributed by atoms with E-state index in [1.165, 1.54) is 0 Å². The summed E-state index contributed by atoms with van der Waals surface area (Å²) in [6, 6.07) is 10.4. The van der Waals surface area contributed by atoms with Crippen molar-refractivity contribution in [1.82, 2.24) is 49.8 Å². The first kappa shape index (κ1) is 37.7. The second kappa shape index (κ2) is 15.9. The van der Waals surface area contributed by atoms with Gasteiger partial charge in [0.2, 0.25) is 11.8 Å². The topological polar surface area (TPSA) is 191 Å². The number of hydrogen-bond acceptors (Lipinski definition) is 13. The number of hydrogen-bond donors (Lipinski definition) is 3. The summed E-state index contributed by atoms with van der Waals surface area (Å²) in [7, 11) is 0. The first-order valence-electron chi connectivity index (χ1n) is 20.4. The molecule has 4 aromatic rings. The Labute approximate surface area is 335 Å². The zero-order valence-corrected chi connectivity index (χ0v) is 32.6. The second-order valence-electron chi connectivity index (χ2n) is 16.1. The maximum absolute atomic E-state index is 13.6. The van der Waals surface area contributed by atoms with Crippen molar-refractivity contribution in [3.63, 3.8) is 0 Å². The number of amides is 5. The summed E-state index contributed by atoms with van der Waals surface area (Å²) in [5, 5.41) is 9.02. The quantitative estimate of drug-likeness (QED) is 0.188. The van der Waals surface area contributed by atoms with E-state index >= 15 is 0 Å². The van der Waals surface area contributed by atoms with Crippen LogP contribution in [0.3, 0.4) is 0 Å². The highest BCUT2D eigenvalue weighted by atomic mass is 16.2. The lowest BCUT2D eigenvalue weighted by Crippen LogP contribution is -2.54. The normalized spacial score (nSPS) is 23.2. The van der Waals surface area contributed by atoms with Crippen molar-refractivity contribution in [1.29, 1.82) is 0 Å². The van der Waals surface area contributed by atoms with E-state index in [4.69, 9.17) is 4.98 Å². The number of aromatic nitrogens is 5. The van der Waals surface area contributed by atoms with Crippen LogP contribution in [0.1, 0.15) is 87.9 Å². The van der Waals surface area contributed by atoms with Gasteiger partial charge < -0.3 is 25.0 Å².